The maximum atomic E-state index is 4.36. The molecule has 0 aliphatic rings. The van der Waals surface area contributed by atoms with E-state index in [-0.39, 0.29) is 0 Å². The molecule has 3 rings (SSSR count). The first-order valence-corrected chi connectivity index (χ1v) is 5.74. The van der Waals surface area contributed by atoms with Crippen molar-refractivity contribution in [2.45, 2.75) is 0 Å². The van der Waals surface area contributed by atoms with Gasteiger partial charge in [-0.2, -0.15) is 0 Å². The van der Waals surface area contributed by atoms with Crippen LogP contribution in [-0.4, -0.2) is 14.5 Å². The summed E-state index contributed by atoms with van der Waals surface area (Å²) in [5.74, 6) is 0. The first-order chi connectivity index (χ1) is 8.83. The number of hydrogen-bond acceptors (Lipinski definition) is 2. The van der Waals surface area contributed by atoms with E-state index in [1.165, 1.54) is 0 Å². The molecule has 0 fully saturated rings. The van der Waals surface area contributed by atoms with Crippen molar-refractivity contribution in [3.8, 4) is 17.1 Å². The van der Waals surface area contributed by atoms with Crippen molar-refractivity contribution in [2.24, 2.45) is 7.05 Å². The number of aromatic nitrogens is 4. The average Bonchev–Trinajstić information content (AvgIpc) is 2.87. The molecule has 0 spiro atoms. The Morgan fingerprint density at radius 2 is 1.94 bits per heavy atom. The molecule has 88 valence electrons. The molecule has 4 nitrogen and oxygen atoms in total. The summed E-state index contributed by atoms with van der Waals surface area (Å²) in [4.78, 5) is 8.67. The summed E-state index contributed by atoms with van der Waals surface area (Å²) in [6, 6.07) is 9.84. The van der Waals surface area contributed by atoms with Crippen molar-refractivity contribution in [1.29, 1.82) is 0 Å². The fraction of sp³-hybridized carbons (Fsp3) is 0.0714. The molecule has 0 N–H and O–H groups in total. The third-order valence-corrected chi connectivity index (χ3v) is 2.74. The molecule has 0 saturated carbocycles. The van der Waals surface area contributed by atoms with Crippen LogP contribution in [0.1, 0.15) is 0 Å². The zero-order chi connectivity index (χ0) is 12.4. The first-order valence-electron chi connectivity index (χ1n) is 5.74. The number of aryl methyl sites for hydroxylation is 1. The van der Waals surface area contributed by atoms with E-state index in [0.29, 0.717) is 0 Å². The van der Waals surface area contributed by atoms with Crippen LogP contribution in [-0.2, 0) is 7.05 Å². The van der Waals surface area contributed by atoms with Crippen LogP contribution < -0.4 is 4.57 Å². The predicted octanol–water partition coefficient (Wildman–Crippen LogP) is 1.76. The van der Waals surface area contributed by atoms with Gasteiger partial charge in [0.25, 0.3) is 0 Å². The standard InChI is InChI=1S/C14H13N4/c1-17-8-9-18(11-17)12-5-7-16-14(10-12)13-4-2-3-6-15-13/h2-11H,1H3/q+1. The van der Waals surface area contributed by atoms with E-state index < -0.39 is 0 Å². The lowest BCUT2D eigenvalue weighted by Crippen LogP contribution is -2.23. The highest BCUT2D eigenvalue weighted by molar-refractivity contribution is 5.56. The van der Waals surface area contributed by atoms with Gasteiger partial charge in [0, 0.05) is 24.5 Å². The van der Waals surface area contributed by atoms with E-state index >= 15 is 0 Å². The molecule has 0 aliphatic heterocycles. The van der Waals surface area contributed by atoms with Crippen molar-refractivity contribution in [3.05, 3.63) is 61.4 Å². The average molecular weight is 237 g/mol. The molecule has 0 unspecified atom stereocenters. The van der Waals surface area contributed by atoms with E-state index in [1.54, 1.807) is 12.4 Å². The molecule has 0 atom stereocenters. The monoisotopic (exact) mass is 237 g/mol. The maximum Gasteiger partial charge on any atom is 0.248 e. The van der Waals surface area contributed by atoms with Crippen molar-refractivity contribution < 1.29 is 4.57 Å². The minimum atomic E-state index is 0.879. The van der Waals surface area contributed by atoms with Gasteiger partial charge in [0.2, 0.25) is 6.33 Å². The van der Waals surface area contributed by atoms with Gasteiger partial charge in [-0.3, -0.25) is 9.97 Å². The fourth-order valence-electron chi connectivity index (χ4n) is 1.84. The number of rotatable bonds is 2. The summed E-state index contributed by atoms with van der Waals surface area (Å²) in [5.41, 5.74) is 2.84. The highest BCUT2D eigenvalue weighted by Crippen LogP contribution is 2.16. The number of imidazole rings is 1. The molecular weight excluding hydrogens is 224 g/mol. The lowest BCUT2D eigenvalue weighted by molar-refractivity contribution is -0.670. The number of nitrogens with zero attached hydrogens (tertiary/aromatic N) is 4. The number of pyridine rings is 2. The largest absolute Gasteiger partial charge is 0.255 e. The van der Waals surface area contributed by atoms with Gasteiger partial charge in [-0.05, 0) is 12.1 Å². The Labute approximate surface area is 105 Å². The minimum Gasteiger partial charge on any atom is -0.255 e. The molecule has 0 amide bonds. The van der Waals surface area contributed by atoms with Gasteiger partial charge >= 0.3 is 0 Å². The lowest BCUT2D eigenvalue weighted by atomic mass is 10.2. The van der Waals surface area contributed by atoms with Crippen molar-refractivity contribution >= 4 is 0 Å². The van der Waals surface area contributed by atoms with Crippen LogP contribution >= 0.6 is 0 Å². The minimum absolute atomic E-state index is 0.879. The van der Waals surface area contributed by atoms with E-state index in [2.05, 4.69) is 9.97 Å². The highest BCUT2D eigenvalue weighted by Gasteiger charge is 2.07. The Bertz CT molecular complexity index is 658. The summed E-state index contributed by atoms with van der Waals surface area (Å²) < 4.78 is 4.05. The molecule has 4 heteroatoms. The second kappa shape index (κ2) is 4.41. The molecule has 3 aromatic heterocycles. The van der Waals surface area contributed by atoms with Crippen LogP contribution in [0, 0.1) is 0 Å². The third kappa shape index (κ3) is 2.00. The summed E-state index contributed by atoms with van der Waals surface area (Å²) in [6.07, 6.45) is 9.61. The van der Waals surface area contributed by atoms with Crippen LogP contribution in [0.3, 0.4) is 0 Å². The van der Waals surface area contributed by atoms with Crippen molar-refractivity contribution in [2.75, 3.05) is 0 Å². The zero-order valence-corrected chi connectivity index (χ0v) is 10.1. The summed E-state index contributed by atoms with van der Waals surface area (Å²) >= 11 is 0. The van der Waals surface area contributed by atoms with Crippen LogP contribution in [0.4, 0.5) is 0 Å². The smallest absolute Gasteiger partial charge is 0.248 e. The van der Waals surface area contributed by atoms with E-state index in [1.807, 2.05) is 65.2 Å². The molecular formula is C14H13N4+. The van der Waals surface area contributed by atoms with Crippen LogP contribution in [0.5, 0.6) is 0 Å². The van der Waals surface area contributed by atoms with Gasteiger partial charge in [-0.1, -0.05) is 6.07 Å². The third-order valence-electron chi connectivity index (χ3n) is 2.74. The molecule has 3 aromatic rings. The quantitative estimate of drug-likeness (QED) is 0.636. The van der Waals surface area contributed by atoms with Gasteiger partial charge in [0.05, 0.1) is 18.4 Å². The zero-order valence-electron chi connectivity index (χ0n) is 10.1. The van der Waals surface area contributed by atoms with E-state index in [4.69, 9.17) is 0 Å². The van der Waals surface area contributed by atoms with E-state index in [0.717, 1.165) is 17.1 Å². The molecule has 0 aliphatic carbocycles. The Hall–Kier alpha value is -2.49. The predicted molar refractivity (Wildman–Crippen MR) is 68.0 cm³/mol. The Balaban J connectivity index is 2.05. The Morgan fingerprint density at radius 1 is 1.06 bits per heavy atom. The molecule has 18 heavy (non-hydrogen) atoms. The van der Waals surface area contributed by atoms with Crippen LogP contribution in [0.25, 0.3) is 17.1 Å². The van der Waals surface area contributed by atoms with E-state index in [9.17, 15) is 0 Å². The first kappa shape index (κ1) is 10.7. The topological polar surface area (TPSA) is 34.6 Å². The molecule has 0 radical (unpaired) electrons. The molecule has 0 aromatic carbocycles. The van der Waals surface area contributed by atoms with Gasteiger partial charge in [-0.15, -0.1) is 0 Å². The highest BCUT2D eigenvalue weighted by atomic mass is 15.1. The fourth-order valence-corrected chi connectivity index (χ4v) is 1.84. The summed E-state index contributed by atoms with van der Waals surface area (Å²) in [7, 11) is 2.00. The second-order valence-corrected chi connectivity index (χ2v) is 4.10. The lowest BCUT2D eigenvalue weighted by Gasteiger charge is -2.00. The molecule has 0 bridgehead atoms. The molecule has 0 saturated heterocycles. The van der Waals surface area contributed by atoms with Crippen molar-refractivity contribution in [1.82, 2.24) is 14.5 Å². The Morgan fingerprint density at radius 3 is 2.67 bits per heavy atom. The summed E-state index contributed by atoms with van der Waals surface area (Å²) in [6.45, 7) is 0. The normalized spacial score (nSPS) is 10.5. The second-order valence-electron chi connectivity index (χ2n) is 4.10. The van der Waals surface area contributed by atoms with Crippen LogP contribution in [0.2, 0.25) is 0 Å². The van der Waals surface area contributed by atoms with Crippen molar-refractivity contribution in [3.63, 3.8) is 0 Å². The Kier molecular flexibility index (Phi) is 2.61. The van der Waals surface area contributed by atoms with Gasteiger partial charge in [-0.25, -0.2) is 9.13 Å². The SMILES string of the molecule is C[n+]1ccn(-c2ccnc(-c3ccccn3)c2)c1. The van der Waals surface area contributed by atoms with Gasteiger partial charge in [0.15, 0.2) is 0 Å². The maximum absolute atomic E-state index is 4.36. The van der Waals surface area contributed by atoms with Gasteiger partial charge < -0.3 is 0 Å². The van der Waals surface area contributed by atoms with Gasteiger partial charge in [0.1, 0.15) is 18.1 Å². The van der Waals surface area contributed by atoms with Crippen LogP contribution in [0.15, 0.2) is 61.4 Å². The molecule has 3 heterocycles. The summed E-state index contributed by atoms with van der Waals surface area (Å²) in [5, 5.41) is 0. The number of hydrogen-bond donors (Lipinski definition) is 0.